The number of nitriles is 1. The summed E-state index contributed by atoms with van der Waals surface area (Å²) in [5.74, 6) is -0.767. The van der Waals surface area contributed by atoms with Gasteiger partial charge in [-0.05, 0) is 41.1 Å². The van der Waals surface area contributed by atoms with Crippen molar-refractivity contribution in [2.45, 2.75) is 19.4 Å². The normalized spacial score (nSPS) is 11.7. The van der Waals surface area contributed by atoms with Crippen molar-refractivity contribution in [2.75, 3.05) is 7.05 Å². The van der Waals surface area contributed by atoms with Gasteiger partial charge < -0.3 is 4.90 Å². The third-order valence-electron chi connectivity index (χ3n) is 2.53. The molecule has 0 saturated carbocycles. The van der Waals surface area contributed by atoms with Crippen LogP contribution in [0.4, 0.5) is 4.39 Å². The molecule has 5 heteroatoms. The molecule has 1 rings (SSSR count). The Morgan fingerprint density at radius 3 is 2.82 bits per heavy atom. The Morgan fingerprint density at radius 2 is 2.29 bits per heavy atom. The Morgan fingerprint density at radius 1 is 1.65 bits per heavy atom. The molecule has 1 atom stereocenters. The van der Waals surface area contributed by atoms with E-state index in [-0.39, 0.29) is 23.9 Å². The van der Waals surface area contributed by atoms with E-state index in [0.717, 1.165) is 0 Å². The van der Waals surface area contributed by atoms with E-state index in [9.17, 15) is 9.18 Å². The van der Waals surface area contributed by atoms with Gasteiger partial charge in [0.25, 0.3) is 5.91 Å². The number of carbonyl (C=O) groups excluding carboxylic acids is 1. The maximum absolute atomic E-state index is 13.3. The SMILES string of the molecule is CC(CC#N)N(C)C(=O)c1ccc(Br)c(F)c1. The van der Waals surface area contributed by atoms with Crippen LogP contribution < -0.4 is 0 Å². The smallest absolute Gasteiger partial charge is 0.253 e. The number of carbonyl (C=O) groups is 1. The van der Waals surface area contributed by atoms with Gasteiger partial charge in [0, 0.05) is 18.7 Å². The highest BCUT2D eigenvalue weighted by atomic mass is 79.9. The molecule has 0 radical (unpaired) electrons. The number of nitrogens with zero attached hydrogens (tertiary/aromatic N) is 2. The van der Waals surface area contributed by atoms with Crippen LogP contribution in [0.2, 0.25) is 0 Å². The number of benzene rings is 1. The lowest BCUT2D eigenvalue weighted by Gasteiger charge is -2.23. The van der Waals surface area contributed by atoms with Gasteiger partial charge in [-0.2, -0.15) is 5.26 Å². The van der Waals surface area contributed by atoms with E-state index in [4.69, 9.17) is 5.26 Å². The van der Waals surface area contributed by atoms with Crippen LogP contribution in [0.15, 0.2) is 22.7 Å². The first-order chi connectivity index (χ1) is 7.97. The predicted octanol–water partition coefficient (Wildman–Crippen LogP) is 2.96. The number of rotatable bonds is 3. The second-order valence-electron chi connectivity index (χ2n) is 3.76. The van der Waals surface area contributed by atoms with Crippen LogP contribution in [-0.2, 0) is 0 Å². The van der Waals surface area contributed by atoms with Gasteiger partial charge in [0.2, 0.25) is 0 Å². The molecule has 0 saturated heterocycles. The highest BCUT2D eigenvalue weighted by Gasteiger charge is 2.18. The molecule has 90 valence electrons. The van der Waals surface area contributed by atoms with Crippen LogP contribution in [-0.4, -0.2) is 23.9 Å². The van der Waals surface area contributed by atoms with Crippen LogP contribution in [0.3, 0.4) is 0 Å². The third kappa shape index (κ3) is 3.27. The summed E-state index contributed by atoms with van der Waals surface area (Å²) in [6.07, 6.45) is 0.251. The quantitative estimate of drug-likeness (QED) is 0.861. The molecule has 0 aliphatic rings. The summed E-state index contributed by atoms with van der Waals surface area (Å²) in [6, 6.07) is 6.03. The summed E-state index contributed by atoms with van der Waals surface area (Å²) in [6.45, 7) is 1.77. The lowest BCUT2D eigenvalue weighted by Crippen LogP contribution is -2.34. The molecule has 0 aromatic heterocycles. The number of amides is 1. The van der Waals surface area contributed by atoms with E-state index in [0.29, 0.717) is 4.47 Å². The van der Waals surface area contributed by atoms with Gasteiger partial charge in [-0.1, -0.05) is 0 Å². The Hall–Kier alpha value is -1.41. The molecule has 17 heavy (non-hydrogen) atoms. The minimum atomic E-state index is -0.475. The zero-order valence-corrected chi connectivity index (χ0v) is 11.2. The Labute approximate surface area is 108 Å². The average molecular weight is 299 g/mol. The van der Waals surface area contributed by atoms with Crippen molar-refractivity contribution in [2.24, 2.45) is 0 Å². The first kappa shape index (κ1) is 13.7. The Balaban J connectivity index is 2.89. The van der Waals surface area contributed by atoms with Gasteiger partial charge in [-0.15, -0.1) is 0 Å². The van der Waals surface area contributed by atoms with E-state index < -0.39 is 5.82 Å². The second-order valence-corrected chi connectivity index (χ2v) is 4.61. The highest BCUT2D eigenvalue weighted by molar-refractivity contribution is 9.10. The molecule has 1 unspecified atom stereocenters. The minimum absolute atomic E-state index is 0.195. The standard InChI is InChI=1S/C12H12BrFN2O/c1-8(5-6-15)16(2)12(17)9-3-4-10(13)11(14)7-9/h3-4,7-8H,5H2,1-2H3. The van der Waals surface area contributed by atoms with Crippen molar-refractivity contribution in [1.82, 2.24) is 4.90 Å². The van der Waals surface area contributed by atoms with Crippen molar-refractivity contribution in [3.05, 3.63) is 34.1 Å². The van der Waals surface area contributed by atoms with Crippen molar-refractivity contribution < 1.29 is 9.18 Å². The molecule has 3 nitrogen and oxygen atoms in total. The van der Waals surface area contributed by atoms with Crippen LogP contribution in [0, 0.1) is 17.1 Å². The van der Waals surface area contributed by atoms with Crippen molar-refractivity contribution in [3.63, 3.8) is 0 Å². The summed E-state index contributed by atoms with van der Waals surface area (Å²) in [4.78, 5) is 13.4. The number of halogens is 2. The first-order valence-electron chi connectivity index (χ1n) is 5.06. The molecule has 0 bridgehead atoms. The lowest BCUT2D eigenvalue weighted by atomic mass is 10.1. The first-order valence-corrected chi connectivity index (χ1v) is 5.85. The molecule has 0 spiro atoms. The maximum atomic E-state index is 13.3. The van der Waals surface area contributed by atoms with Crippen molar-refractivity contribution >= 4 is 21.8 Å². The molecular weight excluding hydrogens is 287 g/mol. The summed E-state index contributed by atoms with van der Waals surface area (Å²) in [7, 11) is 1.60. The summed E-state index contributed by atoms with van der Waals surface area (Å²) >= 11 is 3.03. The van der Waals surface area contributed by atoms with Gasteiger partial charge >= 0.3 is 0 Å². The zero-order chi connectivity index (χ0) is 13.0. The van der Waals surface area contributed by atoms with Crippen LogP contribution >= 0.6 is 15.9 Å². The Bertz CT molecular complexity index is 470. The molecule has 0 aliphatic heterocycles. The molecule has 0 aliphatic carbocycles. The molecule has 1 amide bonds. The van der Waals surface area contributed by atoms with E-state index >= 15 is 0 Å². The molecule has 1 aromatic carbocycles. The van der Waals surface area contributed by atoms with Crippen LogP contribution in [0.1, 0.15) is 23.7 Å². The average Bonchev–Trinajstić information content (AvgIpc) is 2.31. The van der Waals surface area contributed by atoms with Crippen molar-refractivity contribution in [1.29, 1.82) is 5.26 Å². The minimum Gasteiger partial charge on any atom is -0.338 e. The van der Waals surface area contributed by atoms with Crippen molar-refractivity contribution in [3.8, 4) is 6.07 Å². The molecule has 0 N–H and O–H groups in total. The van der Waals surface area contributed by atoms with Crippen LogP contribution in [0.25, 0.3) is 0 Å². The zero-order valence-electron chi connectivity index (χ0n) is 9.58. The molecule has 0 heterocycles. The van der Waals surface area contributed by atoms with Crippen LogP contribution in [0.5, 0.6) is 0 Å². The predicted molar refractivity (Wildman–Crippen MR) is 65.9 cm³/mol. The van der Waals surface area contributed by atoms with Gasteiger partial charge in [-0.25, -0.2) is 4.39 Å². The van der Waals surface area contributed by atoms with Gasteiger partial charge in [0.05, 0.1) is 17.0 Å². The van der Waals surface area contributed by atoms with E-state index in [1.54, 1.807) is 20.0 Å². The summed E-state index contributed by atoms with van der Waals surface area (Å²) in [5, 5.41) is 8.56. The largest absolute Gasteiger partial charge is 0.338 e. The van der Waals surface area contributed by atoms with Gasteiger partial charge in [0.15, 0.2) is 0 Å². The topological polar surface area (TPSA) is 44.1 Å². The molecular formula is C12H12BrFN2O. The van der Waals surface area contributed by atoms with E-state index in [2.05, 4.69) is 15.9 Å². The summed E-state index contributed by atoms with van der Waals surface area (Å²) < 4.78 is 13.6. The number of hydrogen-bond donors (Lipinski definition) is 0. The molecule has 0 fully saturated rings. The fourth-order valence-electron chi connectivity index (χ4n) is 1.30. The van der Waals surface area contributed by atoms with E-state index in [1.165, 1.54) is 17.0 Å². The Kier molecular flexibility index (Phi) is 4.64. The fourth-order valence-corrected chi connectivity index (χ4v) is 1.55. The van der Waals surface area contributed by atoms with E-state index in [1.807, 2.05) is 6.07 Å². The number of hydrogen-bond acceptors (Lipinski definition) is 2. The second kappa shape index (κ2) is 5.78. The highest BCUT2D eigenvalue weighted by Crippen LogP contribution is 2.18. The third-order valence-corrected chi connectivity index (χ3v) is 3.18. The lowest BCUT2D eigenvalue weighted by molar-refractivity contribution is 0.0745. The van der Waals surface area contributed by atoms with Gasteiger partial charge in [-0.3, -0.25) is 4.79 Å². The van der Waals surface area contributed by atoms with Gasteiger partial charge in [0.1, 0.15) is 5.82 Å². The fraction of sp³-hybridized carbons (Fsp3) is 0.333. The molecule has 1 aromatic rings. The maximum Gasteiger partial charge on any atom is 0.253 e. The monoisotopic (exact) mass is 298 g/mol. The summed E-state index contributed by atoms with van der Waals surface area (Å²) in [5.41, 5.74) is 0.276.